The minimum atomic E-state index is -0.00828. The van der Waals surface area contributed by atoms with E-state index in [4.69, 9.17) is 11.6 Å². The Bertz CT molecular complexity index is 782. The van der Waals surface area contributed by atoms with E-state index in [1.165, 1.54) is 6.07 Å². The largest absolute Gasteiger partial charge is 0.872 e. The van der Waals surface area contributed by atoms with Gasteiger partial charge in [0, 0.05) is 5.02 Å². The first-order chi connectivity index (χ1) is 10.2. The van der Waals surface area contributed by atoms with E-state index in [1.807, 2.05) is 18.2 Å². The molecule has 1 aromatic heterocycles. The van der Waals surface area contributed by atoms with Crippen LogP contribution in [0.4, 0.5) is 5.95 Å². The van der Waals surface area contributed by atoms with E-state index in [9.17, 15) is 5.11 Å². The number of hydrogen-bond donors (Lipinski definition) is 2. The molecule has 0 atom stereocenters. The van der Waals surface area contributed by atoms with Crippen molar-refractivity contribution in [2.75, 3.05) is 5.32 Å². The van der Waals surface area contributed by atoms with Crippen molar-refractivity contribution in [2.24, 2.45) is 0 Å². The Labute approximate surface area is 128 Å². The van der Waals surface area contributed by atoms with Gasteiger partial charge in [-0.15, -0.1) is 5.75 Å². The van der Waals surface area contributed by atoms with Crippen molar-refractivity contribution in [3.05, 3.63) is 53.1 Å². The number of aromatic amines is 1. The van der Waals surface area contributed by atoms with Crippen LogP contribution in [0.15, 0.2) is 42.5 Å². The summed E-state index contributed by atoms with van der Waals surface area (Å²) in [5.74, 6) is 0.879. The third-order valence-electron chi connectivity index (χ3n) is 3.50. The number of hydrogen-bond acceptors (Lipinski definition) is 2. The summed E-state index contributed by atoms with van der Waals surface area (Å²) in [6.45, 7) is 3.36. The first-order valence-corrected chi connectivity index (χ1v) is 7.26. The maximum atomic E-state index is 11.8. The molecule has 0 fully saturated rings. The number of imidazole rings is 1. The van der Waals surface area contributed by atoms with Crippen LogP contribution >= 0.6 is 11.6 Å². The highest BCUT2D eigenvalue weighted by atomic mass is 35.5. The summed E-state index contributed by atoms with van der Waals surface area (Å²) < 4.78 is 2.14. The van der Waals surface area contributed by atoms with Crippen molar-refractivity contribution < 1.29 is 9.67 Å². The van der Waals surface area contributed by atoms with Crippen LogP contribution in [0, 0.1) is 0 Å². The molecule has 2 N–H and O–H groups in total. The van der Waals surface area contributed by atoms with Gasteiger partial charge >= 0.3 is 5.95 Å². The fourth-order valence-electron chi connectivity index (χ4n) is 2.46. The summed E-state index contributed by atoms with van der Waals surface area (Å²) in [6, 6.07) is 12.9. The van der Waals surface area contributed by atoms with Crippen molar-refractivity contribution in [1.82, 2.24) is 4.98 Å². The standard InChI is InChI=1S/C16H16ClN3O/c1-2-20-14-6-4-3-5-13(14)19-16(20)18-10-11-9-12(17)7-8-15(11)21/h3-9H,2,10H2,1H3,(H2,18,19,21). The molecule has 5 heteroatoms. The molecule has 0 bridgehead atoms. The van der Waals surface area contributed by atoms with Gasteiger partial charge in [-0.2, -0.15) is 0 Å². The molecule has 0 saturated carbocycles. The van der Waals surface area contributed by atoms with Crippen LogP contribution in [0.3, 0.4) is 0 Å². The van der Waals surface area contributed by atoms with Gasteiger partial charge < -0.3 is 5.11 Å². The van der Waals surface area contributed by atoms with Gasteiger partial charge in [-0.25, -0.2) is 9.55 Å². The molecular weight excluding hydrogens is 286 g/mol. The fraction of sp³-hybridized carbons (Fsp3) is 0.188. The Morgan fingerprint density at radius 2 is 2.05 bits per heavy atom. The number of nitrogens with one attached hydrogen (secondary N) is 2. The Morgan fingerprint density at radius 1 is 1.24 bits per heavy atom. The molecule has 3 aromatic rings. The number of nitrogens with zero attached hydrogens (tertiary/aromatic N) is 1. The maximum absolute atomic E-state index is 11.8. The third-order valence-corrected chi connectivity index (χ3v) is 3.74. The van der Waals surface area contributed by atoms with Crippen LogP contribution in [0.25, 0.3) is 11.0 Å². The van der Waals surface area contributed by atoms with E-state index in [0.717, 1.165) is 23.5 Å². The fourth-order valence-corrected chi connectivity index (χ4v) is 2.66. The Balaban J connectivity index is 1.89. The zero-order valence-corrected chi connectivity index (χ0v) is 12.4. The van der Waals surface area contributed by atoms with Gasteiger partial charge in [-0.05, 0) is 36.8 Å². The monoisotopic (exact) mass is 301 g/mol. The maximum Gasteiger partial charge on any atom is 0.356 e. The average Bonchev–Trinajstić information content (AvgIpc) is 2.85. The minimum Gasteiger partial charge on any atom is -0.872 e. The lowest BCUT2D eigenvalue weighted by Gasteiger charge is -2.12. The van der Waals surface area contributed by atoms with Gasteiger partial charge in [-0.1, -0.05) is 29.8 Å². The molecular formula is C16H16ClN3O. The summed E-state index contributed by atoms with van der Waals surface area (Å²) in [5, 5.41) is 15.7. The van der Waals surface area contributed by atoms with E-state index < -0.39 is 0 Å². The Kier molecular flexibility index (Phi) is 3.71. The molecule has 0 aliphatic carbocycles. The average molecular weight is 302 g/mol. The molecule has 0 aliphatic heterocycles. The molecule has 0 radical (unpaired) electrons. The molecule has 0 aliphatic rings. The second-order valence-electron chi connectivity index (χ2n) is 4.84. The first kappa shape index (κ1) is 13.8. The summed E-state index contributed by atoms with van der Waals surface area (Å²) in [4.78, 5) is 3.34. The highest BCUT2D eigenvalue weighted by Crippen LogP contribution is 2.20. The SMILES string of the molecule is CC[n+]1c(NCc2cc(Cl)ccc2[O-])[nH]c2ccccc21. The van der Waals surface area contributed by atoms with Gasteiger partial charge in [0.1, 0.15) is 11.0 Å². The number of H-pyrrole nitrogens is 1. The highest BCUT2D eigenvalue weighted by molar-refractivity contribution is 6.30. The summed E-state index contributed by atoms with van der Waals surface area (Å²) in [5.41, 5.74) is 2.86. The molecule has 1 heterocycles. The van der Waals surface area contributed by atoms with Crippen molar-refractivity contribution >= 4 is 28.6 Å². The molecule has 0 saturated heterocycles. The Hall–Kier alpha value is -2.20. The number of rotatable bonds is 4. The number of benzene rings is 2. The zero-order valence-electron chi connectivity index (χ0n) is 11.7. The van der Waals surface area contributed by atoms with Crippen LogP contribution in [0.1, 0.15) is 12.5 Å². The number of aryl methyl sites for hydroxylation is 1. The van der Waals surface area contributed by atoms with Crippen LogP contribution in [0.5, 0.6) is 5.75 Å². The van der Waals surface area contributed by atoms with Gasteiger partial charge in [-0.3, -0.25) is 5.32 Å². The topological polar surface area (TPSA) is 54.8 Å². The molecule has 0 spiro atoms. The second kappa shape index (κ2) is 5.66. The first-order valence-electron chi connectivity index (χ1n) is 6.89. The van der Waals surface area contributed by atoms with Crippen molar-refractivity contribution in [3.63, 3.8) is 0 Å². The molecule has 0 amide bonds. The number of anilines is 1. The van der Waals surface area contributed by atoms with Crippen LogP contribution in [-0.4, -0.2) is 4.98 Å². The molecule has 0 unspecified atom stereocenters. The van der Waals surface area contributed by atoms with Gasteiger partial charge in [0.25, 0.3) is 0 Å². The van der Waals surface area contributed by atoms with Crippen LogP contribution < -0.4 is 15.0 Å². The van der Waals surface area contributed by atoms with E-state index in [0.29, 0.717) is 17.1 Å². The lowest BCUT2D eigenvalue weighted by atomic mass is 10.2. The summed E-state index contributed by atoms with van der Waals surface area (Å²) >= 11 is 5.94. The molecule has 21 heavy (non-hydrogen) atoms. The molecule has 3 rings (SSSR count). The van der Waals surface area contributed by atoms with Gasteiger partial charge in [0.15, 0.2) is 0 Å². The van der Waals surface area contributed by atoms with E-state index >= 15 is 0 Å². The zero-order chi connectivity index (χ0) is 14.8. The lowest BCUT2D eigenvalue weighted by Crippen LogP contribution is -2.34. The van der Waals surface area contributed by atoms with Crippen molar-refractivity contribution in [2.45, 2.75) is 20.0 Å². The van der Waals surface area contributed by atoms with Crippen LogP contribution in [0.2, 0.25) is 5.02 Å². The molecule has 108 valence electrons. The number of para-hydroxylation sites is 2. The third kappa shape index (κ3) is 2.67. The molecule has 2 aromatic carbocycles. The summed E-state index contributed by atoms with van der Waals surface area (Å²) in [7, 11) is 0. The number of halogens is 1. The second-order valence-corrected chi connectivity index (χ2v) is 5.28. The van der Waals surface area contributed by atoms with Crippen molar-refractivity contribution in [1.29, 1.82) is 0 Å². The van der Waals surface area contributed by atoms with Gasteiger partial charge in [0.2, 0.25) is 0 Å². The quantitative estimate of drug-likeness (QED) is 0.728. The van der Waals surface area contributed by atoms with E-state index in [-0.39, 0.29) is 5.75 Å². The normalized spacial score (nSPS) is 11.0. The Morgan fingerprint density at radius 3 is 2.86 bits per heavy atom. The highest BCUT2D eigenvalue weighted by Gasteiger charge is 2.15. The van der Waals surface area contributed by atoms with Crippen molar-refractivity contribution in [3.8, 4) is 5.75 Å². The summed E-state index contributed by atoms with van der Waals surface area (Å²) in [6.07, 6.45) is 0. The minimum absolute atomic E-state index is 0.00828. The number of aromatic nitrogens is 2. The predicted octanol–water partition coefficient (Wildman–Crippen LogP) is 2.81. The predicted molar refractivity (Wildman–Crippen MR) is 82.4 cm³/mol. The smallest absolute Gasteiger partial charge is 0.356 e. The van der Waals surface area contributed by atoms with Crippen LogP contribution in [-0.2, 0) is 13.1 Å². The lowest BCUT2D eigenvalue weighted by molar-refractivity contribution is -0.653. The van der Waals surface area contributed by atoms with Gasteiger partial charge in [0.05, 0.1) is 13.1 Å². The molecule has 4 nitrogen and oxygen atoms in total. The number of fused-ring (bicyclic) bond motifs is 1. The van der Waals surface area contributed by atoms with E-state index in [2.05, 4.69) is 27.9 Å². The van der Waals surface area contributed by atoms with E-state index in [1.54, 1.807) is 12.1 Å².